The third kappa shape index (κ3) is 3.80. The van der Waals surface area contributed by atoms with Gasteiger partial charge in [-0.25, -0.2) is 0 Å². The fourth-order valence-corrected chi connectivity index (χ4v) is 3.04. The number of carbonyl (C=O) groups excluding carboxylic acids is 1. The molecule has 2 unspecified atom stereocenters. The molecule has 0 spiro atoms. The van der Waals surface area contributed by atoms with Crippen molar-refractivity contribution < 1.29 is 4.79 Å². The number of benzene rings is 1. The van der Waals surface area contributed by atoms with Gasteiger partial charge in [0, 0.05) is 5.56 Å². The third-order valence-electron chi connectivity index (χ3n) is 4.34. The summed E-state index contributed by atoms with van der Waals surface area (Å²) in [5, 5.41) is 0. The number of hydrogen-bond donors (Lipinski definition) is 2. The molecule has 0 aliphatic heterocycles. The SMILES string of the molecule is NCC1CCCCC(c2ccc(C(N)=O)cc2)CC1. The lowest BCUT2D eigenvalue weighted by molar-refractivity contribution is 0.100. The summed E-state index contributed by atoms with van der Waals surface area (Å²) in [5.74, 6) is 0.941. The molecule has 0 bridgehead atoms. The molecule has 1 fully saturated rings. The standard InChI is InChI=1S/C16H24N2O/c17-11-12-3-1-2-4-13(6-5-12)14-7-9-15(10-8-14)16(18)19/h7-10,12-13H,1-6,11,17H2,(H2,18,19). The van der Waals surface area contributed by atoms with Crippen LogP contribution in [0.1, 0.15) is 60.4 Å². The summed E-state index contributed by atoms with van der Waals surface area (Å²) in [6, 6.07) is 7.81. The second kappa shape index (κ2) is 6.71. The Bertz CT molecular complexity index is 413. The van der Waals surface area contributed by atoms with Crippen LogP contribution in [0.5, 0.6) is 0 Å². The van der Waals surface area contributed by atoms with Crippen molar-refractivity contribution >= 4 is 5.91 Å². The van der Waals surface area contributed by atoms with E-state index in [0.717, 1.165) is 6.54 Å². The second-order valence-corrected chi connectivity index (χ2v) is 5.65. The lowest BCUT2D eigenvalue weighted by atomic mass is 9.82. The molecule has 0 aromatic heterocycles. The molecule has 2 atom stereocenters. The van der Waals surface area contributed by atoms with Crippen molar-refractivity contribution in [3.63, 3.8) is 0 Å². The van der Waals surface area contributed by atoms with Gasteiger partial charge in [0.05, 0.1) is 0 Å². The number of primary amides is 1. The van der Waals surface area contributed by atoms with E-state index in [1.807, 2.05) is 12.1 Å². The summed E-state index contributed by atoms with van der Waals surface area (Å²) in [5.41, 5.74) is 13.0. The number of rotatable bonds is 3. The largest absolute Gasteiger partial charge is 0.366 e. The first-order chi connectivity index (χ1) is 9.20. The number of carbonyl (C=O) groups is 1. The molecule has 1 aliphatic carbocycles. The van der Waals surface area contributed by atoms with Gasteiger partial charge < -0.3 is 11.5 Å². The first-order valence-corrected chi connectivity index (χ1v) is 7.30. The van der Waals surface area contributed by atoms with Gasteiger partial charge in [0.15, 0.2) is 0 Å². The summed E-state index contributed by atoms with van der Waals surface area (Å²) < 4.78 is 0. The van der Waals surface area contributed by atoms with Gasteiger partial charge in [-0.05, 0) is 61.8 Å². The molecule has 2 rings (SSSR count). The van der Waals surface area contributed by atoms with Crippen LogP contribution in [0.25, 0.3) is 0 Å². The van der Waals surface area contributed by atoms with Gasteiger partial charge >= 0.3 is 0 Å². The zero-order valence-corrected chi connectivity index (χ0v) is 11.5. The van der Waals surface area contributed by atoms with Crippen molar-refractivity contribution in [3.05, 3.63) is 35.4 Å². The maximum absolute atomic E-state index is 11.1. The van der Waals surface area contributed by atoms with Crippen molar-refractivity contribution in [1.29, 1.82) is 0 Å². The quantitative estimate of drug-likeness (QED) is 0.877. The third-order valence-corrected chi connectivity index (χ3v) is 4.34. The highest BCUT2D eigenvalue weighted by Gasteiger charge is 2.18. The average Bonchev–Trinajstić information content (AvgIpc) is 2.39. The minimum atomic E-state index is -0.354. The number of nitrogens with two attached hydrogens (primary N) is 2. The van der Waals surface area contributed by atoms with Crippen LogP contribution < -0.4 is 11.5 Å². The van der Waals surface area contributed by atoms with Crippen molar-refractivity contribution in [1.82, 2.24) is 0 Å². The second-order valence-electron chi connectivity index (χ2n) is 5.65. The zero-order valence-electron chi connectivity index (χ0n) is 11.5. The first-order valence-electron chi connectivity index (χ1n) is 7.30. The minimum absolute atomic E-state index is 0.354. The van der Waals surface area contributed by atoms with Gasteiger partial charge in [-0.2, -0.15) is 0 Å². The highest BCUT2D eigenvalue weighted by molar-refractivity contribution is 5.92. The molecule has 1 saturated carbocycles. The highest BCUT2D eigenvalue weighted by Crippen LogP contribution is 2.32. The molecular weight excluding hydrogens is 236 g/mol. The van der Waals surface area contributed by atoms with E-state index >= 15 is 0 Å². The Morgan fingerprint density at radius 2 is 1.74 bits per heavy atom. The Balaban J connectivity index is 2.04. The summed E-state index contributed by atoms with van der Waals surface area (Å²) >= 11 is 0. The molecule has 1 aliphatic rings. The van der Waals surface area contributed by atoms with Crippen LogP contribution in [-0.2, 0) is 0 Å². The van der Waals surface area contributed by atoms with Crippen LogP contribution in [0.15, 0.2) is 24.3 Å². The van der Waals surface area contributed by atoms with Crippen molar-refractivity contribution in [2.24, 2.45) is 17.4 Å². The molecule has 3 nitrogen and oxygen atoms in total. The normalized spacial score (nSPS) is 24.5. The summed E-state index contributed by atoms with van der Waals surface area (Å²) in [4.78, 5) is 11.1. The van der Waals surface area contributed by atoms with E-state index < -0.39 is 0 Å². The van der Waals surface area contributed by atoms with Crippen LogP contribution in [0.3, 0.4) is 0 Å². The van der Waals surface area contributed by atoms with Crippen molar-refractivity contribution in [3.8, 4) is 0 Å². The zero-order chi connectivity index (χ0) is 13.7. The van der Waals surface area contributed by atoms with E-state index in [1.165, 1.54) is 44.1 Å². The maximum atomic E-state index is 11.1. The van der Waals surface area contributed by atoms with Crippen LogP contribution in [0.2, 0.25) is 0 Å². The van der Waals surface area contributed by atoms with E-state index in [0.29, 0.717) is 17.4 Å². The lowest BCUT2D eigenvalue weighted by Crippen LogP contribution is -2.17. The summed E-state index contributed by atoms with van der Waals surface area (Å²) in [6.45, 7) is 0.813. The maximum Gasteiger partial charge on any atom is 0.248 e. The summed E-state index contributed by atoms with van der Waals surface area (Å²) in [6.07, 6.45) is 7.52. The monoisotopic (exact) mass is 260 g/mol. The molecular formula is C16H24N2O. The van der Waals surface area contributed by atoms with Gasteiger partial charge in [0.2, 0.25) is 5.91 Å². The predicted molar refractivity (Wildman–Crippen MR) is 77.9 cm³/mol. The molecule has 104 valence electrons. The van der Waals surface area contributed by atoms with Gasteiger partial charge in [-0.3, -0.25) is 4.79 Å². The number of amides is 1. The Morgan fingerprint density at radius 3 is 2.37 bits per heavy atom. The molecule has 3 heteroatoms. The molecule has 0 heterocycles. The molecule has 4 N–H and O–H groups in total. The van der Waals surface area contributed by atoms with Crippen LogP contribution in [0.4, 0.5) is 0 Å². The first kappa shape index (κ1) is 14.1. The molecule has 0 saturated heterocycles. The van der Waals surface area contributed by atoms with Crippen LogP contribution >= 0.6 is 0 Å². The minimum Gasteiger partial charge on any atom is -0.366 e. The lowest BCUT2D eigenvalue weighted by Gasteiger charge is -2.24. The molecule has 1 aromatic rings. The van der Waals surface area contributed by atoms with Crippen molar-refractivity contribution in [2.75, 3.05) is 6.54 Å². The Labute approximate surface area is 115 Å². The summed E-state index contributed by atoms with van der Waals surface area (Å²) in [7, 11) is 0. The average molecular weight is 260 g/mol. The fraction of sp³-hybridized carbons (Fsp3) is 0.562. The van der Waals surface area contributed by atoms with Crippen LogP contribution in [-0.4, -0.2) is 12.5 Å². The van der Waals surface area contributed by atoms with E-state index in [4.69, 9.17) is 11.5 Å². The Kier molecular flexibility index (Phi) is 4.97. The van der Waals surface area contributed by atoms with E-state index in [2.05, 4.69) is 12.1 Å². The Morgan fingerprint density at radius 1 is 1.05 bits per heavy atom. The molecule has 1 aromatic carbocycles. The fourth-order valence-electron chi connectivity index (χ4n) is 3.04. The van der Waals surface area contributed by atoms with Gasteiger partial charge in [-0.1, -0.05) is 25.0 Å². The highest BCUT2D eigenvalue weighted by atomic mass is 16.1. The molecule has 0 radical (unpaired) electrons. The molecule has 19 heavy (non-hydrogen) atoms. The van der Waals surface area contributed by atoms with Crippen LogP contribution in [0, 0.1) is 5.92 Å². The van der Waals surface area contributed by atoms with E-state index in [1.54, 1.807) is 0 Å². The van der Waals surface area contributed by atoms with Gasteiger partial charge in [0.1, 0.15) is 0 Å². The predicted octanol–water partition coefficient (Wildman–Crippen LogP) is 2.80. The van der Waals surface area contributed by atoms with E-state index in [-0.39, 0.29) is 5.91 Å². The van der Waals surface area contributed by atoms with Gasteiger partial charge in [0.25, 0.3) is 0 Å². The molecule has 1 amide bonds. The smallest absolute Gasteiger partial charge is 0.248 e. The number of hydrogen-bond acceptors (Lipinski definition) is 2. The Hall–Kier alpha value is -1.35. The van der Waals surface area contributed by atoms with Gasteiger partial charge in [-0.15, -0.1) is 0 Å². The van der Waals surface area contributed by atoms with E-state index in [9.17, 15) is 4.79 Å². The van der Waals surface area contributed by atoms with Crippen molar-refractivity contribution in [2.45, 2.75) is 44.4 Å². The topological polar surface area (TPSA) is 69.1 Å².